The Morgan fingerprint density at radius 1 is 1.19 bits per heavy atom. The maximum absolute atomic E-state index is 5.46. The van der Waals surface area contributed by atoms with Crippen molar-refractivity contribution < 1.29 is 8.94 Å². The Balaban J connectivity index is 1.66. The maximum Gasteiger partial charge on any atom is 0.231 e. The van der Waals surface area contributed by atoms with Gasteiger partial charge in [-0.1, -0.05) is 5.16 Å². The van der Waals surface area contributed by atoms with Gasteiger partial charge in [0.15, 0.2) is 11.5 Å². The van der Waals surface area contributed by atoms with Crippen LogP contribution in [0.4, 0.5) is 0 Å². The number of nitrogens with zero attached hydrogens (tertiary/aromatic N) is 3. The lowest BCUT2D eigenvalue weighted by atomic mass is 10.2. The zero-order valence-electron chi connectivity index (χ0n) is 11.2. The minimum Gasteiger partial charge on any atom is -0.441 e. The molecule has 0 saturated heterocycles. The zero-order valence-corrected chi connectivity index (χ0v) is 12.1. The summed E-state index contributed by atoms with van der Waals surface area (Å²) in [6.07, 6.45) is 0.655. The van der Waals surface area contributed by atoms with Gasteiger partial charge in [0.25, 0.3) is 0 Å². The van der Waals surface area contributed by atoms with E-state index >= 15 is 0 Å². The Kier molecular flexibility index (Phi) is 2.82. The van der Waals surface area contributed by atoms with Crippen LogP contribution in [0.15, 0.2) is 44.0 Å². The van der Waals surface area contributed by atoms with Crippen molar-refractivity contribution in [1.29, 1.82) is 0 Å². The average Bonchev–Trinajstić information content (AvgIpc) is 3.18. The topological polar surface area (TPSA) is 65.0 Å². The van der Waals surface area contributed by atoms with Crippen molar-refractivity contribution in [2.24, 2.45) is 0 Å². The molecule has 0 atom stereocenters. The number of hydrogen-bond donors (Lipinski definition) is 0. The van der Waals surface area contributed by atoms with E-state index in [9.17, 15) is 0 Å². The van der Waals surface area contributed by atoms with Crippen LogP contribution in [0, 0.1) is 6.92 Å². The second-order valence-corrected chi connectivity index (χ2v) is 5.52. The molecule has 0 aliphatic heterocycles. The van der Waals surface area contributed by atoms with Gasteiger partial charge in [0.1, 0.15) is 5.52 Å². The molecular formula is C15H11N3O2S. The first kappa shape index (κ1) is 12.3. The fourth-order valence-corrected chi connectivity index (χ4v) is 2.86. The van der Waals surface area contributed by atoms with Gasteiger partial charge in [-0.2, -0.15) is 16.3 Å². The number of fused-ring (bicyclic) bond motifs is 1. The molecule has 0 bridgehead atoms. The number of rotatable bonds is 3. The van der Waals surface area contributed by atoms with E-state index in [-0.39, 0.29) is 0 Å². The van der Waals surface area contributed by atoms with Gasteiger partial charge in [0.05, 0.1) is 6.42 Å². The second kappa shape index (κ2) is 4.82. The van der Waals surface area contributed by atoms with Crippen LogP contribution in [0.25, 0.3) is 22.5 Å². The molecule has 3 heterocycles. The third kappa shape index (κ3) is 2.34. The first-order chi connectivity index (χ1) is 10.3. The predicted octanol–water partition coefficient (Wildman–Crippen LogP) is 3.84. The summed E-state index contributed by atoms with van der Waals surface area (Å²) in [6.45, 7) is 1.83. The van der Waals surface area contributed by atoms with Crippen molar-refractivity contribution in [3.8, 4) is 11.4 Å². The normalized spacial score (nSPS) is 11.3. The molecule has 0 aliphatic rings. The quantitative estimate of drug-likeness (QED) is 0.575. The number of hydrogen-bond acceptors (Lipinski definition) is 6. The average molecular weight is 297 g/mol. The van der Waals surface area contributed by atoms with Crippen LogP contribution in [-0.2, 0) is 6.42 Å². The summed E-state index contributed by atoms with van der Waals surface area (Å²) < 4.78 is 10.8. The smallest absolute Gasteiger partial charge is 0.231 e. The molecule has 0 fully saturated rings. The van der Waals surface area contributed by atoms with Crippen LogP contribution in [0.3, 0.4) is 0 Å². The molecule has 0 radical (unpaired) electrons. The summed E-state index contributed by atoms with van der Waals surface area (Å²) >= 11 is 1.66. The third-order valence-electron chi connectivity index (χ3n) is 3.16. The number of benzene rings is 1. The van der Waals surface area contributed by atoms with Gasteiger partial charge in [-0.25, -0.2) is 4.98 Å². The fourth-order valence-electron chi connectivity index (χ4n) is 2.19. The molecule has 0 aliphatic carbocycles. The molecule has 5 nitrogen and oxygen atoms in total. The summed E-state index contributed by atoms with van der Waals surface area (Å²) in [4.78, 5) is 8.75. The first-order valence-electron chi connectivity index (χ1n) is 6.49. The van der Waals surface area contributed by atoms with Crippen LogP contribution < -0.4 is 0 Å². The van der Waals surface area contributed by atoms with E-state index in [4.69, 9.17) is 8.94 Å². The molecular weight excluding hydrogens is 286 g/mol. The first-order valence-corrected chi connectivity index (χ1v) is 7.43. The van der Waals surface area contributed by atoms with Crippen LogP contribution in [-0.4, -0.2) is 15.1 Å². The lowest BCUT2D eigenvalue weighted by Gasteiger charge is -1.92. The molecule has 0 N–H and O–H groups in total. The van der Waals surface area contributed by atoms with Crippen molar-refractivity contribution in [2.75, 3.05) is 0 Å². The number of thiophene rings is 1. The molecule has 0 saturated carbocycles. The van der Waals surface area contributed by atoms with Crippen molar-refractivity contribution in [1.82, 2.24) is 15.1 Å². The standard InChI is InChI=1S/C15H11N3O2S/c1-9-16-12-7-11(2-3-13(12)19-9)15-17-14(20-18-15)6-10-4-5-21-8-10/h2-5,7-8H,6H2,1H3. The molecule has 4 rings (SSSR count). The van der Waals surface area contributed by atoms with E-state index in [2.05, 4.69) is 26.6 Å². The molecule has 104 valence electrons. The van der Waals surface area contributed by atoms with Gasteiger partial charge >= 0.3 is 0 Å². The number of aryl methyl sites for hydroxylation is 1. The Morgan fingerprint density at radius 3 is 3.00 bits per heavy atom. The van der Waals surface area contributed by atoms with Gasteiger partial charge in [0.2, 0.25) is 11.7 Å². The van der Waals surface area contributed by atoms with Gasteiger partial charge in [-0.15, -0.1) is 0 Å². The lowest BCUT2D eigenvalue weighted by Crippen LogP contribution is -1.86. The summed E-state index contributed by atoms with van der Waals surface area (Å²) in [7, 11) is 0. The SMILES string of the molecule is Cc1nc2cc(-c3noc(Cc4ccsc4)n3)ccc2o1. The maximum atomic E-state index is 5.46. The largest absolute Gasteiger partial charge is 0.441 e. The van der Waals surface area contributed by atoms with Crippen molar-refractivity contribution in [3.05, 3.63) is 52.4 Å². The molecule has 21 heavy (non-hydrogen) atoms. The lowest BCUT2D eigenvalue weighted by molar-refractivity contribution is 0.386. The predicted molar refractivity (Wildman–Crippen MR) is 79.2 cm³/mol. The van der Waals surface area contributed by atoms with E-state index in [1.807, 2.05) is 30.5 Å². The highest BCUT2D eigenvalue weighted by Gasteiger charge is 2.11. The number of aromatic nitrogens is 3. The molecule has 0 spiro atoms. The molecule has 3 aromatic heterocycles. The third-order valence-corrected chi connectivity index (χ3v) is 3.89. The molecule has 1 aromatic carbocycles. The summed E-state index contributed by atoms with van der Waals surface area (Å²) in [6, 6.07) is 7.75. The zero-order chi connectivity index (χ0) is 14.2. The van der Waals surface area contributed by atoms with Gasteiger partial charge in [-0.3, -0.25) is 0 Å². The molecule has 6 heteroatoms. The van der Waals surface area contributed by atoms with Crippen molar-refractivity contribution >= 4 is 22.4 Å². The highest BCUT2D eigenvalue weighted by molar-refractivity contribution is 7.07. The Morgan fingerprint density at radius 2 is 2.14 bits per heavy atom. The minimum absolute atomic E-state index is 0.572. The highest BCUT2D eigenvalue weighted by atomic mass is 32.1. The molecule has 0 unspecified atom stereocenters. The van der Waals surface area contributed by atoms with E-state index in [0.29, 0.717) is 24.0 Å². The summed E-state index contributed by atoms with van der Waals surface area (Å²) in [5, 5.41) is 8.15. The minimum atomic E-state index is 0.572. The van der Waals surface area contributed by atoms with Crippen molar-refractivity contribution in [3.63, 3.8) is 0 Å². The van der Waals surface area contributed by atoms with E-state index < -0.39 is 0 Å². The van der Waals surface area contributed by atoms with Crippen molar-refractivity contribution in [2.45, 2.75) is 13.3 Å². The second-order valence-electron chi connectivity index (χ2n) is 4.74. The van der Waals surface area contributed by atoms with Gasteiger partial charge in [-0.05, 0) is 40.6 Å². The van der Waals surface area contributed by atoms with E-state index in [1.165, 1.54) is 5.56 Å². The van der Waals surface area contributed by atoms with Crippen LogP contribution in [0.2, 0.25) is 0 Å². The van der Waals surface area contributed by atoms with E-state index in [1.54, 1.807) is 11.3 Å². The fraction of sp³-hybridized carbons (Fsp3) is 0.133. The number of oxazole rings is 1. The Labute approximate surface area is 124 Å². The van der Waals surface area contributed by atoms with Crippen LogP contribution in [0.1, 0.15) is 17.3 Å². The van der Waals surface area contributed by atoms with Crippen LogP contribution >= 0.6 is 11.3 Å². The summed E-state index contributed by atoms with van der Waals surface area (Å²) in [5.74, 6) is 1.83. The van der Waals surface area contributed by atoms with Crippen LogP contribution in [0.5, 0.6) is 0 Å². The Hall–Kier alpha value is -2.47. The molecule has 4 aromatic rings. The highest BCUT2D eigenvalue weighted by Crippen LogP contribution is 2.23. The van der Waals surface area contributed by atoms with Gasteiger partial charge in [0, 0.05) is 12.5 Å². The Bertz CT molecular complexity index is 893. The van der Waals surface area contributed by atoms with E-state index in [0.717, 1.165) is 16.7 Å². The van der Waals surface area contributed by atoms with Gasteiger partial charge < -0.3 is 8.94 Å². The summed E-state index contributed by atoms with van der Waals surface area (Å²) in [5.41, 5.74) is 3.61. The molecule has 0 amide bonds. The monoisotopic (exact) mass is 297 g/mol.